The quantitative estimate of drug-likeness (QED) is 0.562. The molecule has 0 atom stereocenters. The van der Waals surface area contributed by atoms with Crippen LogP contribution in [0, 0.1) is 0 Å². The molecule has 0 radical (unpaired) electrons. The largest absolute Gasteiger partial charge is 0.296 e. The number of thioether (sulfide) groups is 1. The van der Waals surface area contributed by atoms with Crippen molar-refractivity contribution in [3.8, 4) is 5.69 Å². The number of amides is 1. The summed E-state index contributed by atoms with van der Waals surface area (Å²) in [4.78, 5) is 12.2. The first-order valence-corrected chi connectivity index (χ1v) is 8.17. The van der Waals surface area contributed by atoms with Crippen molar-refractivity contribution in [2.45, 2.75) is 11.3 Å². The first-order chi connectivity index (χ1) is 10.8. The summed E-state index contributed by atoms with van der Waals surface area (Å²) in [6.07, 6.45) is 1.49. The van der Waals surface area contributed by atoms with Gasteiger partial charge in [-0.1, -0.05) is 30.0 Å². The van der Waals surface area contributed by atoms with Gasteiger partial charge in [0.15, 0.2) is 4.34 Å². The molecule has 0 unspecified atom stereocenters. The third kappa shape index (κ3) is 3.28. The highest BCUT2D eigenvalue weighted by Gasteiger charge is 2.10. The Labute approximate surface area is 134 Å². The summed E-state index contributed by atoms with van der Waals surface area (Å²) in [7, 11) is 0. The zero-order valence-corrected chi connectivity index (χ0v) is 13.1. The average molecular weight is 333 g/mol. The second kappa shape index (κ2) is 6.62. The fourth-order valence-corrected chi connectivity index (χ4v) is 3.30. The summed E-state index contributed by atoms with van der Waals surface area (Å²) in [5.41, 5.74) is 1.30. The molecular formula is C12H11N7OS2. The van der Waals surface area contributed by atoms with Crippen molar-refractivity contribution in [2.75, 3.05) is 11.1 Å². The highest BCUT2D eigenvalue weighted by atomic mass is 32.2. The number of nitrogens with one attached hydrogen (secondary N) is 1. The van der Waals surface area contributed by atoms with E-state index in [2.05, 4.69) is 31.0 Å². The van der Waals surface area contributed by atoms with Gasteiger partial charge < -0.3 is 0 Å². The Kier molecular flexibility index (Phi) is 4.39. The van der Waals surface area contributed by atoms with Crippen LogP contribution in [0.15, 0.2) is 34.9 Å². The van der Waals surface area contributed by atoms with E-state index in [4.69, 9.17) is 0 Å². The Hall–Kier alpha value is -2.33. The summed E-state index contributed by atoms with van der Waals surface area (Å²) in [5, 5.41) is 22.1. The van der Waals surface area contributed by atoms with Crippen molar-refractivity contribution >= 4 is 34.1 Å². The van der Waals surface area contributed by atoms with Crippen molar-refractivity contribution in [1.82, 2.24) is 30.4 Å². The van der Waals surface area contributed by atoms with Crippen LogP contribution >= 0.6 is 23.1 Å². The van der Waals surface area contributed by atoms with E-state index in [1.54, 1.807) is 36.0 Å². The lowest BCUT2D eigenvalue weighted by molar-refractivity contribution is 0.102. The van der Waals surface area contributed by atoms with E-state index in [0.29, 0.717) is 10.7 Å². The third-order valence-electron chi connectivity index (χ3n) is 2.64. The molecule has 0 fully saturated rings. The molecule has 3 rings (SSSR count). The molecule has 2 aromatic heterocycles. The molecule has 0 aliphatic rings. The van der Waals surface area contributed by atoms with Gasteiger partial charge in [0.05, 0.1) is 5.69 Å². The Morgan fingerprint density at radius 1 is 1.32 bits per heavy atom. The summed E-state index contributed by atoms with van der Waals surface area (Å²) in [6, 6.07) is 6.94. The van der Waals surface area contributed by atoms with Gasteiger partial charge in [0.25, 0.3) is 5.91 Å². The maximum absolute atomic E-state index is 12.2. The van der Waals surface area contributed by atoms with Crippen molar-refractivity contribution in [2.24, 2.45) is 0 Å². The van der Waals surface area contributed by atoms with Crippen molar-refractivity contribution < 1.29 is 4.79 Å². The lowest BCUT2D eigenvalue weighted by Gasteiger charge is -2.03. The van der Waals surface area contributed by atoms with Gasteiger partial charge in [-0.05, 0) is 40.4 Å². The average Bonchev–Trinajstić information content (AvgIpc) is 3.20. The molecule has 0 spiro atoms. The fourth-order valence-electron chi connectivity index (χ4n) is 1.66. The Morgan fingerprint density at radius 3 is 2.82 bits per heavy atom. The molecule has 0 aliphatic heterocycles. The summed E-state index contributed by atoms with van der Waals surface area (Å²) in [6.45, 7) is 2.04. The minimum absolute atomic E-state index is 0.229. The number of hydrogen-bond acceptors (Lipinski definition) is 8. The zero-order chi connectivity index (χ0) is 15.4. The first-order valence-electron chi connectivity index (χ1n) is 6.37. The van der Waals surface area contributed by atoms with Gasteiger partial charge in [0.1, 0.15) is 6.33 Å². The Balaban J connectivity index is 1.69. The molecule has 0 aliphatic carbocycles. The van der Waals surface area contributed by atoms with Crippen LogP contribution in [0.2, 0.25) is 0 Å². The number of aromatic nitrogens is 6. The molecule has 10 heteroatoms. The van der Waals surface area contributed by atoms with E-state index in [1.807, 2.05) is 6.92 Å². The molecule has 3 aromatic rings. The Morgan fingerprint density at radius 2 is 2.14 bits per heavy atom. The minimum atomic E-state index is -0.229. The normalized spacial score (nSPS) is 10.6. The van der Waals surface area contributed by atoms with E-state index < -0.39 is 0 Å². The maximum Gasteiger partial charge on any atom is 0.257 e. The van der Waals surface area contributed by atoms with Crippen LogP contribution in [0.4, 0.5) is 5.13 Å². The molecule has 8 nitrogen and oxygen atoms in total. The maximum atomic E-state index is 12.2. The highest BCUT2D eigenvalue weighted by Crippen LogP contribution is 2.25. The van der Waals surface area contributed by atoms with E-state index in [9.17, 15) is 4.79 Å². The number of carbonyl (C=O) groups is 1. The van der Waals surface area contributed by atoms with Crippen molar-refractivity contribution in [1.29, 1.82) is 0 Å². The fraction of sp³-hybridized carbons (Fsp3) is 0.167. The monoisotopic (exact) mass is 333 g/mol. The van der Waals surface area contributed by atoms with Gasteiger partial charge >= 0.3 is 0 Å². The highest BCUT2D eigenvalue weighted by molar-refractivity contribution is 8.01. The number of anilines is 1. The van der Waals surface area contributed by atoms with E-state index >= 15 is 0 Å². The predicted octanol–water partition coefficient (Wildman–Crippen LogP) is 1.88. The number of tetrazole rings is 1. The second-order valence-corrected chi connectivity index (χ2v) is 6.55. The molecule has 0 saturated heterocycles. The van der Waals surface area contributed by atoms with Crippen LogP contribution in [0.5, 0.6) is 0 Å². The van der Waals surface area contributed by atoms with Crippen molar-refractivity contribution in [3.05, 3.63) is 36.2 Å². The molecule has 1 N–H and O–H groups in total. The molecule has 112 valence electrons. The van der Waals surface area contributed by atoms with Crippen LogP contribution in [0.25, 0.3) is 5.69 Å². The van der Waals surface area contributed by atoms with Crippen LogP contribution in [-0.4, -0.2) is 42.1 Å². The lowest BCUT2D eigenvalue weighted by atomic mass is 10.2. The van der Waals surface area contributed by atoms with Crippen LogP contribution in [-0.2, 0) is 0 Å². The lowest BCUT2D eigenvalue weighted by Crippen LogP contribution is -2.11. The molecule has 2 heterocycles. The van der Waals surface area contributed by atoms with Gasteiger partial charge in [-0.2, -0.15) is 0 Å². The number of hydrogen-bond donors (Lipinski definition) is 1. The number of benzene rings is 1. The Bertz CT molecular complexity index is 754. The molecule has 1 amide bonds. The predicted molar refractivity (Wildman–Crippen MR) is 83.4 cm³/mol. The van der Waals surface area contributed by atoms with Gasteiger partial charge in [0.2, 0.25) is 5.13 Å². The SMILES string of the molecule is CCSc1nnc(NC(=O)c2ccc(-n3cnnn3)cc2)s1. The van der Waals surface area contributed by atoms with Crippen molar-refractivity contribution in [3.63, 3.8) is 0 Å². The zero-order valence-electron chi connectivity index (χ0n) is 11.5. The first kappa shape index (κ1) is 14.6. The molecule has 22 heavy (non-hydrogen) atoms. The number of nitrogens with zero attached hydrogens (tertiary/aromatic N) is 6. The standard InChI is InChI=1S/C12H11N7OS2/c1-2-21-12-16-15-11(22-12)14-10(20)8-3-5-9(6-4-8)19-7-13-17-18-19/h3-7H,2H2,1H3,(H,14,15,20). The molecule has 1 aromatic carbocycles. The van der Waals surface area contributed by atoms with Gasteiger partial charge in [-0.3, -0.25) is 10.1 Å². The van der Waals surface area contributed by atoms with E-state index in [0.717, 1.165) is 15.8 Å². The smallest absolute Gasteiger partial charge is 0.257 e. The summed E-state index contributed by atoms with van der Waals surface area (Å²) >= 11 is 2.95. The van der Waals surface area contributed by atoms with Gasteiger partial charge in [-0.25, -0.2) is 4.68 Å². The van der Waals surface area contributed by atoms with Crippen LogP contribution in [0.1, 0.15) is 17.3 Å². The summed E-state index contributed by atoms with van der Waals surface area (Å²) < 4.78 is 2.35. The third-order valence-corrected chi connectivity index (χ3v) is 4.49. The minimum Gasteiger partial charge on any atom is -0.296 e. The molecular weight excluding hydrogens is 322 g/mol. The van der Waals surface area contributed by atoms with E-state index in [-0.39, 0.29) is 5.91 Å². The second-order valence-electron chi connectivity index (χ2n) is 4.06. The van der Waals surface area contributed by atoms with Gasteiger partial charge in [-0.15, -0.1) is 15.3 Å². The topological polar surface area (TPSA) is 98.5 Å². The van der Waals surface area contributed by atoms with Gasteiger partial charge in [0, 0.05) is 5.56 Å². The number of rotatable bonds is 5. The van der Waals surface area contributed by atoms with Crippen LogP contribution < -0.4 is 5.32 Å². The van der Waals surface area contributed by atoms with Crippen LogP contribution in [0.3, 0.4) is 0 Å². The molecule has 0 saturated carbocycles. The van der Waals surface area contributed by atoms with E-state index in [1.165, 1.54) is 22.3 Å². The molecule has 0 bridgehead atoms. The number of carbonyl (C=O) groups excluding carboxylic acids is 1. The summed E-state index contributed by atoms with van der Waals surface area (Å²) in [5.74, 6) is 0.689.